The lowest BCUT2D eigenvalue weighted by Gasteiger charge is -2.61. The van der Waals surface area contributed by atoms with E-state index in [1.807, 2.05) is 0 Å². The second-order valence-corrected chi connectivity index (χ2v) is 12.4. The highest BCUT2D eigenvalue weighted by molar-refractivity contribution is 5.09. The first kappa shape index (κ1) is 22.6. The molecule has 4 rings (SSSR count). The summed E-state index contributed by atoms with van der Waals surface area (Å²) in [5, 5.41) is 0. The van der Waals surface area contributed by atoms with Gasteiger partial charge in [0.15, 0.2) is 0 Å². The summed E-state index contributed by atoms with van der Waals surface area (Å²) in [5.41, 5.74) is 1.39. The van der Waals surface area contributed by atoms with Crippen molar-refractivity contribution in [1.29, 1.82) is 0 Å². The van der Waals surface area contributed by atoms with Crippen LogP contribution in [0.2, 0.25) is 0 Å². The predicted molar refractivity (Wildman–Crippen MR) is 121 cm³/mol. The molecule has 2 unspecified atom stereocenters. The molecular formula is C27H50O. The van der Waals surface area contributed by atoms with Crippen molar-refractivity contribution in [2.24, 2.45) is 52.3 Å². The molecule has 2 N–H and O–H groups in total. The average Bonchev–Trinajstić information content (AvgIpc) is 2.98. The lowest BCUT2D eigenvalue weighted by molar-refractivity contribution is -0.114. The van der Waals surface area contributed by atoms with E-state index in [1.54, 1.807) is 51.4 Å². The van der Waals surface area contributed by atoms with E-state index in [-0.39, 0.29) is 5.48 Å². The summed E-state index contributed by atoms with van der Waals surface area (Å²) >= 11 is 0. The maximum Gasteiger partial charge on any atom is -0.0264 e. The maximum atomic E-state index is 2.75. The molecule has 0 aromatic heterocycles. The van der Waals surface area contributed by atoms with Crippen molar-refractivity contribution in [3.05, 3.63) is 0 Å². The number of fused-ring (bicyclic) bond motifs is 5. The van der Waals surface area contributed by atoms with Crippen LogP contribution in [0.1, 0.15) is 118 Å². The van der Waals surface area contributed by atoms with Gasteiger partial charge in [-0.3, -0.25) is 0 Å². The fourth-order valence-electron chi connectivity index (χ4n) is 9.32. The van der Waals surface area contributed by atoms with Gasteiger partial charge in [-0.15, -0.1) is 0 Å². The van der Waals surface area contributed by atoms with Crippen molar-refractivity contribution >= 4 is 0 Å². The SMILES string of the molecule is CC(C)CCCC(C)[C@H]1CC[C@H]2[C@@H]3CCC4CCCC[C@]4(C)[C@H]3CC[C@]12C.O. The Morgan fingerprint density at radius 1 is 0.750 bits per heavy atom. The molecule has 0 aliphatic heterocycles. The van der Waals surface area contributed by atoms with E-state index in [1.165, 1.54) is 32.1 Å². The van der Waals surface area contributed by atoms with E-state index >= 15 is 0 Å². The van der Waals surface area contributed by atoms with E-state index in [4.69, 9.17) is 0 Å². The van der Waals surface area contributed by atoms with Gasteiger partial charge in [0, 0.05) is 0 Å². The van der Waals surface area contributed by atoms with E-state index in [9.17, 15) is 0 Å². The molecule has 4 aliphatic carbocycles. The molecule has 8 atom stereocenters. The lowest BCUT2D eigenvalue weighted by Crippen LogP contribution is -2.53. The Bertz CT molecular complexity index is 512. The molecule has 0 saturated heterocycles. The predicted octanol–water partition coefficient (Wildman–Crippen LogP) is 7.67. The van der Waals surface area contributed by atoms with Gasteiger partial charge in [0.1, 0.15) is 0 Å². The summed E-state index contributed by atoms with van der Waals surface area (Å²) in [7, 11) is 0. The zero-order valence-electron chi connectivity index (χ0n) is 19.7. The Labute approximate surface area is 176 Å². The van der Waals surface area contributed by atoms with Crippen LogP contribution in [0.5, 0.6) is 0 Å². The monoisotopic (exact) mass is 390 g/mol. The van der Waals surface area contributed by atoms with Crippen molar-refractivity contribution in [2.75, 3.05) is 0 Å². The third kappa shape index (κ3) is 3.72. The summed E-state index contributed by atoms with van der Waals surface area (Å²) in [5.74, 6) is 7.15. The fourth-order valence-corrected chi connectivity index (χ4v) is 9.32. The summed E-state index contributed by atoms with van der Waals surface area (Å²) in [4.78, 5) is 0. The molecule has 0 aromatic rings. The minimum atomic E-state index is 0. The Morgan fingerprint density at radius 3 is 2.25 bits per heavy atom. The molecule has 4 fully saturated rings. The van der Waals surface area contributed by atoms with Gasteiger partial charge >= 0.3 is 0 Å². The highest BCUT2D eigenvalue weighted by atomic mass is 16.0. The molecule has 0 aromatic carbocycles. The van der Waals surface area contributed by atoms with Crippen LogP contribution in [-0.2, 0) is 0 Å². The van der Waals surface area contributed by atoms with Gasteiger partial charge < -0.3 is 5.48 Å². The Hall–Kier alpha value is -0.0400. The summed E-state index contributed by atoms with van der Waals surface area (Å²) in [6.45, 7) is 12.9. The van der Waals surface area contributed by atoms with E-state index in [2.05, 4.69) is 34.6 Å². The Morgan fingerprint density at radius 2 is 1.50 bits per heavy atom. The van der Waals surface area contributed by atoms with Gasteiger partial charge in [-0.05, 0) is 104 Å². The van der Waals surface area contributed by atoms with Crippen LogP contribution in [0.15, 0.2) is 0 Å². The smallest absolute Gasteiger partial charge is 0.0264 e. The third-order valence-corrected chi connectivity index (χ3v) is 10.8. The third-order valence-electron chi connectivity index (χ3n) is 10.8. The first-order chi connectivity index (χ1) is 12.9. The van der Waals surface area contributed by atoms with Crippen molar-refractivity contribution in [2.45, 2.75) is 118 Å². The second-order valence-electron chi connectivity index (χ2n) is 12.4. The van der Waals surface area contributed by atoms with Crippen LogP contribution in [0.25, 0.3) is 0 Å². The average molecular weight is 391 g/mol. The van der Waals surface area contributed by atoms with Crippen molar-refractivity contribution in [1.82, 2.24) is 0 Å². The number of hydrogen-bond acceptors (Lipinski definition) is 0. The van der Waals surface area contributed by atoms with Crippen LogP contribution < -0.4 is 0 Å². The molecule has 164 valence electrons. The first-order valence-corrected chi connectivity index (χ1v) is 12.9. The van der Waals surface area contributed by atoms with E-state index in [0.29, 0.717) is 10.8 Å². The van der Waals surface area contributed by atoms with Crippen LogP contribution in [0.4, 0.5) is 0 Å². The van der Waals surface area contributed by atoms with Gasteiger partial charge in [-0.1, -0.05) is 66.7 Å². The molecule has 4 saturated carbocycles. The minimum absolute atomic E-state index is 0. The maximum absolute atomic E-state index is 2.75. The van der Waals surface area contributed by atoms with Gasteiger partial charge in [0.25, 0.3) is 0 Å². The van der Waals surface area contributed by atoms with Gasteiger partial charge in [0.05, 0.1) is 0 Å². The first-order valence-electron chi connectivity index (χ1n) is 12.9. The molecule has 0 bridgehead atoms. The highest BCUT2D eigenvalue weighted by Crippen LogP contribution is 2.68. The minimum Gasteiger partial charge on any atom is -0.412 e. The summed E-state index contributed by atoms with van der Waals surface area (Å²) in [6, 6.07) is 0. The lowest BCUT2D eigenvalue weighted by atomic mass is 9.44. The Balaban J connectivity index is 0.00000225. The van der Waals surface area contributed by atoms with Crippen LogP contribution in [-0.4, -0.2) is 5.48 Å². The zero-order chi connectivity index (χ0) is 19.2. The molecule has 28 heavy (non-hydrogen) atoms. The summed E-state index contributed by atoms with van der Waals surface area (Å²) < 4.78 is 0. The highest BCUT2D eigenvalue weighted by Gasteiger charge is 2.59. The van der Waals surface area contributed by atoms with Gasteiger partial charge in [-0.2, -0.15) is 0 Å². The zero-order valence-corrected chi connectivity index (χ0v) is 19.7. The van der Waals surface area contributed by atoms with Crippen LogP contribution in [0.3, 0.4) is 0 Å². The van der Waals surface area contributed by atoms with E-state index < -0.39 is 0 Å². The molecular weight excluding hydrogens is 340 g/mol. The fraction of sp³-hybridized carbons (Fsp3) is 1.00. The molecule has 1 nitrogen and oxygen atoms in total. The molecule has 0 amide bonds. The molecule has 1 heteroatoms. The van der Waals surface area contributed by atoms with Gasteiger partial charge in [-0.25, -0.2) is 0 Å². The molecule has 0 radical (unpaired) electrons. The second kappa shape index (κ2) is 8.60. The van der Waals surface area contributed by atoms with Crippen molar-refractivity contribution in [3.63, 3.8) is 0 Å². The normalized spacial score (nSPS) is 46.3. The number of rotatable bonds is 5. The topological polar surface area (TPSA) is 31.5 Å². The van der Waals surface area contributed by atoms with Gasteiger partial charge in [0.2, 0.25) is 0 Å². The quantitative estimate of drug-likeness (QED) is 0.461. The van der Waals surface area contributed by atoms with Crippen molar-refractivity contribution < 1.29 is 5.48 Å². The van der Waals surface area contributed by atoms with Crippen molar-refractivity contribution in [3.8, 4) is 0 Å². The van der Waals surface area contributed by atoms with E-state index in [0.717, 1.165) is 41.4 Å². The van der Waals surface area contributed by atoms with Crippen LogP contribution >= 0.6 is 0 Å². The molecule has 0 heterocycles. The molecule has 4 aliphatic rings. The summed E-state index contributed by atoms with van der Waals surface area (Å²) in [6.07, 6.45) is 19.9. The van der Waals surface area contributed by atoms with Crippen LogP contribution in [0, 0.1) is 52.3 Å². The molecule has 0 spiro atoms. The largest absolute Gasteiger partial charge is 0.412 e. The standard InChI is InChI=1S/C27H48.H2O/c1-19(2)9-8-10-20(3)23-14-15-24-22-13-12-21-11-6-7-17-26(21,4)25(22)16-18-27(23,24)5;/h19-25H,6-18H2,1-5H3;1H2/t20?,21?,22-,23+,24-,25-,26-,27+;/m0./s1. The Kier molecular flexibility index (Phi) is 6.96. The number of hydrogen-bond donors (Lipinski definition) is 0.